The molecule has 0 aromatic rings. The molecule has 0 aliphatic carbocycles. The molecule has 6 heavy (non-hydrogen) atoms. The third-order valence-electron chi connectivity index (χ3n) is 0. The minimum absolute atomic E-state index is 0. The standard InChI is InChI=1S/Ca.HI.4H2O.2H/h;1H;4*1H2;;. The van der Waals surface area contributed by atoms with Crippen LogP contribution in [0.1, 0.15) is 0 Å². The second-order valence-corrected chi connectivity index (χ2v) is 0. The molecule has 0 atom stereocenters. The second-order valence-electron chi connectivity index (χ2n) is 0. The average molecular weight is 242 g/mol. The van der Waals surface area contributed by atoms with Gasteiger partial charge in [-0.1, -0.05) is 0 Å². The molecule has 4 nitrogen and oxygen atoms in total. The van der Waals surface area contributed by atoms with Crippen LogP contribution in [0.5, 0.6) is 0 Å². The zero-order chi connectivity index (χ0) is 0. The molecule has 0 spiro atoms. The number of hydrogen-bond donors (Lipinski definition) is 0. The third kappa shape index (κ3) is 40.6. The number of rotatable bonds is 0. The molecular weight excluding hydrogens is 231 g/mol. The summed E-state index contributed by atoms with van der Waals surface area (Å²) in [4.78, 5) is 0. The van der Waals surface area contributed by atoms with E-state index >= 15 is 0 Å². The van der Waals surface area contributed by atoms with Crippen LogP contribution in [0.15, 0.2) is 0 Å². The molecule has 6 heteroatoms. The van der Waals surface area contributed by atoms with Gasteiger partial charge in [0.05, 0.1) is 0 Å². The van der Waals surface area contributed by atoms with Crippen molar-refractivity contribution in [2.45, 2.75) is 0 Å². The van der Waals surface area contributed by atoms with Gasteiger partial charge in [0, 0.05) is 0 Å². The summed E-state index contributed by atoms with van der Waals surface area (Å²) in [5, 5.41) is 0. The zero-order valence-electron chi connectivity index (χ0n) is 2.41. The SMILES string of the molecule is I.O.O.O.O.[CaH2]. The summed E-state index contributed by atoms with van der Waals surface area (Å²) < 4.78 is 0. The molecule has 0 fully saturated rings. The molecule has 0 aliphatic rings. The predicted octanol–water partition coefficient (Wildman–Crippen LogP) is -3.60. The maximum atomic E-state index is 0. The summed E-state index contributed by atoms with van der Waals surface area (Å²) in [6, 6.07) is 0. The van der Waals surface area contributed by atoms with Crippen LogP contribution in [0.4, 0.5) is 0 Å². The molecule has 8 N–H and O–H groups in total. The van der Waals surface area contributed by atoms with Crippen LogP contribution < -0.4 is 0 Å². The van der Waals surface area contributed by atoms with Gasteiger partial charge in [0.1, 0.15) is 0 Å². The van der Waals surface area contributed by atoms with Crippen LogP contribution in [0, 0.1) is 0 Å². The van der Waals surface area contributed by atoms with Crippen LogP contribution in [-0.2, 0) is 0 Å². The van der Waals surface area contributed by atoms with Crippen molar-refractivity contribution in [1.29, 1.82) is 0 Å². The first-order valence-corrected chi connectivity index (χ1v) is 0. The van der Waals surface area contributed by atoms with Gasteiger partial charge >= 0.3 is 37.7 Å². The molecule has 0 saturated heterocycles. The van der Waals surface area contributed by atoms with Gasteiger partial charge in [-0.2, -0.15) is 0 Å². The Hall–Kier alpha value is 1.83. The molecule has 0 rings (SSSR count). The molecule has 0 bridgehead atoms. The van der Waals surface area contributed by atoms with Gasteiger partial charge in [-0.15, -0.1) is 24.0 Å². The Morgan fingerprint density at radius 2 is 0.500 bits per heavy atom. The first kappa shape index (κ1) is 109. The van der Waals surface area contributed by atoms with Crippen molar-refractivity contribution in [2.24, 2.45) is 0 Å². The minimum atomic E-state index is 0. The van der Waals surface area contributed by atoms with Crippen molar-refractivity contribution in [1.82, 2.24) is 0 Å². The van der Waals surface area contributed by atoms with Gasteiger partial charge < -0.3 is 21.9 Å². The fourth-order valence-electron chi connectivity index (χ4n) is 0. The fourth-order valence-corrected chi connectivity index (χ4v) is 0. The summed E-state index contributed by atoms with van der Waals surface area (Å²) in [5.41, 5.74) is 0. The van der Waals surface area contributed by atoms with Gasteiger partial charge in [-0.3, -0.25) is 0 Å². The van der Waals surface area contributed by atoms with E-state index in [-0.39, 0.29) is 83.6 Å². The molecule has 0 amide bonds. The van der Waals surface area contributed by atoms with Crippen molar-refractivity contribution < 1.29 is 21.9 Å². The van der Waals surface area contributed by atoms with Crippen LogP contribution in [0.25, 0.3) is 0 Å². The molecule has 0 unspecified atom stereocenters. The van der Waals surface area contributed by atoms with Crippen LogP contribution >= 0.6 is 24.0 Å². The van der Waals surface area contributed by atoms with Crippen LogP contribution in [-0.4, -0.2) is 59.6 Å². The van der Waals surface area contributed by atoms with Gasteiger partial charge in [-0.05, 0) is 0 Å². The van der Waals surface area contributed by atoms with E-state index in [0.29, 0.717) is 0 Å². The Morgan fingerprint density at radius 3 is 0.500 bits per heavy atom. The van der Waals surface area contributed by atoms with Gasteiger partial charge in [-0.25, -0.2) is 0 Å². The molecule has 0 aromatic carbocycles. The van der Waals surface area contributed by atoms with Gasteiger partial charge in [0.25, 0.3) is 0 Å². The molecule has 44 valence electrons. The van der Waals surface area contributed by atoms with Gasteiger partial charge in [0.2, 0.25) is 0 Å². The van der Waals surface area contributed by atoms with Crippen LogP contribution in [0.2, 0.25) is 0 Å². The topological polar surface area (TPSA) is 126 Å². The Labute approximate surface area is 82.6 Å². The van der Waals surface area contributed by atoms with E-state index in [1.54, 1.807) is 0 Å². The summed E-state index contributed by atoms with van der Waals surface area (Å²) in [7, 11) is 0. The summed E-state index contributed by atoms with van der Waals surface area (Å²) >= 11 is 0. The molecule has 0 aromatic heterocycles. The summed E-state index contributed by atoms with van der Waals surface area (Å²) in [6.07, 6.45) is 0. The van der Waals surface area contributed by atoms with E-state index in [9.17, 15) is 0 Å². The average Bonchev–Trinajstić information content (AvgIpc) is 0. The first-order chi connectivity index (χ1) is 0. The normalized spacial score (nSPS) is 0. The Bertz CT molecular complexity index is 7.51. The third-order valence-corrected chi connectivity index (χ3v) is 0. The Morgan fingerprint density at radius 1 is 0.500 bits per heavy atom. The van der Waals surface area contributed by atoms with Crippen molar-refractivity contribution in [3.05, 3.63) is 0 Å². The number of hydrogen-bond acceptors (Lipinski definition) is 0. The fraction of sp³-hybridized carbons (Fsp3) is 0. The van der Waals surface area contributed by atoms with E-state index < -0.39 is 0 Å². The molecule has 0 radical (unpaired) electrons. The second kappa shape index (κ2) is 69.3. The van der Waals surface area contributed by atoms with E-state index in [1.807, 2.05) is 0 Å². The molecule has 0 heterocycles. The quantitative estimate of drug-likeness (QED) is 0.307. The maximum absolute atomic E-state index is 0. The van der Waals surface area contributed by atoms with Crippen molar-refractivity contribution in [3.63, 3.8) is 0 Å². The van der Waals surface area contributed by atoms with Crippen molar-refractivity contribution in [3.8, 4) is 0 Å². The van der Waals surface area contributed by atoms with Crippen molar-refractivity contribution in [2.75, 3.05) is 0 Å². The zero-order valence-corrected chi connectivity index (χ0v) is 4.74. The predicted molar refractivity (Wildman–Crippen MR) is 38.4 cm³/mol. The summed E-state index contributed by atoms with van der Waals surface area (Å²) in [5.74, 6) is 0. The Balaban J connectivity index is 0. The molecular formula is H11CaIO4. The van der Waals surface area contributed by atoms with E-state index in [2.05, 4.69) is 0 Å². The first-order valence-electron chi connectivity index (χ1n) is 0. The number of halogens is 1. The Kier molecular flexibility index (Phi) is 1260. The summed E-state index contributed by atoms with van der Waals surface area (Å²) in [6.45, 7) is 0. The molecule has 0 saturated carbocycles. The van der Waals surface area contributed by atoms with Crippen LogP contribution in [0.3, 0.4) is 0 Å². The monoisotopic (exact) mass is 242 g/mol. The van der Waals surface area contributed by atoms with E-state index in [1.165, 1.54) is 0 Å². The molecule has 0 aliphatic heterocycles. The van der Waals surface area contributed by atoms with Crippen molar-refractivity contribution >= 4 is 61.7 Å². The van der Waals surface area contributed by atoms with E-state index in [4.69, 9.17) is 0 Å². The van der Waals surface area contributed by atoms with E-state index in [0.717, 1.165) is 0 Å². The van der Waals surface area contributed by atoms with Gasteiger partial charge in [0.15, 0.2) is 0 Å².